The van der Waals surface area contributed by atoms with E-state index in [1.807, 2.05) is 6.07 Å². The number of nitrogens with one attached hydrogen (secondary N) is 1. The molecule has 0 saturated heterocycles. The molecule has 4 rings (SSSR count). The predicted octanol–water partition coefficient (Wildman–Crippen LogP) is 4.45. The van der Waals surface area contributed by atoms with Gasteiger partial charge in [0, 0.05) is 29.9 Å². The molecule has 0 fully saturated rings. The van der Waals surface area contributed by atoms with Crippen LogP contribution in [0.4, 0.5) is 13.9 Å². The van der Waals surface area contributed by atoms with Gasteiger partial charge in [0.1, 0.15) is 0 Å². The first-order valence-electron chi connectivity index (χ1n) is 8.39. The number of para-hydroxylation sites is 1. The van der Waals surface area contributed by atoms with Crippen LogP contribution in [-0.2, 0) is 6.42 Å². The topological polar surface area (TPSA) is 59.8 Å². The number of hydrogen-bond acceptors (Lipinski definition) is 4. The smallest absolute Gasteiger partial charge is 0.259 e. The van der Waals surface area contributed by atoms with Gasteiger partial charge in [-0.05, 0) is 35.9 Å². The van der Waals surface area contributed by atoms with Crippen LogP contribution in [0, 0.1) is 11.6 Å². The molecule has 4 aromatic rings. The molecule has 0 saturated carbocycles. The van der Waals surface area contributed by atoms with Gasteiger partial charge in [-0.1, -0.05) is 18.2 Å². The van der Waals surface area contributed by atoms with Crippen LogP contribution in [0.1, 0.15) is 20.8 Å². The minimum atomic E-state index is -0.884. The largest absolute Gasteiger partial charge is 0.298 e. The summed E-state index contributed by atoms with van der Waals surface area (Å²) in [5, 5.41) is 7.38. The standard InChI is InChI=1S/C20H14F2N4OS/c21-16-7-6-13(11-17(16)22)10-14-12-23-20(28-14)25-19(27)15-4-1-2-5-18(15)26-9-3-8-24-26/h1-9,11-12H,10H2,(H,23,25,27). The molecule has 140 valence electrons. The fourth-order valence-electron chi connectivity index (χ4n) is 2.74. The SMILES string of the molecule is O=C(Nc1ncc(Cc2ccc(F)c(F)c2)s1)c1ccccc1-n1cccn1. The second-order valence-corrected chi connectivity index (χ2v) is 7.09. The van der Waals surface area contributed by atoms with E-state index in [-0.39, 0.29) is 5.91 Å². The fourth-order valence-corrected chi connectivity index (χ4v) is 3.58. The van der Waals surface area contributed by atoms with Crippen LogP contribution >= 0.6 is 11.3 Å². The zero-order chi connectivity index (χ0) is 19.5. The van der Waals surface area contributed by atoms with E-state index in [9.17, 15) is 13.6 Å². The Morgan fingerprint density at radius 2 is 1.96 bits per heavy atom. The van der Waals surface area contributed by atoms with E-state index < -0.39 is 11.6 Å². The molecule has 8 heteroatoms. The van der Waals surface area contributed by atoms with E-state index in [2.05, 4.69) is 15.4 Å². The lowest BCUT2D eigenvalue weighted by Crippen LogP contribution is -2.15. The van der Waals surface area contributed by atoms with Crippen LogP contribution in [-0.4, -0.2) is 20.7 Å². The molecule has 28 heavy (non-hydrogen) atoms. The zero-order valence-electron chi connectivity index (χ0n) is 14.5. The Hall–Kier alpha value is -3.39. The van der Waals surface area contributed by atoms with Crippen molar-refractivity contribution in [1.29, 1.82) is 0 Å². The third-order valence-corrected chi connectivity index (χ3v) is 4.95. The van der Waals surface area contributed by atoms with Gasteiger partial charge < -0.3 is 0 Å². The third-order valence-electron chi connectivity index (χ3n) is 4.04. The first-order valence-corrected chi connectivity index (χ1v) is 9.21. The number of rotatable bonds is 5. The quantitative estimate of drug-likeness (QED) is 0.542. The van der Waals surface area contributed by atoms with Crippen molar-refractivity contribution in [1.82, 2.24) is 14.8 Å². The summed E-state index contributed by atoms with van der Waals surface area (Å²) >= 11 is 1.28. The van der Waals surface area contributed by atoms with Gasteiger partial charge in [0.05, 0.1) is 11.3 Å². The summed E-state index contributed by atoms with van der Waals surface area (Å²) in [5.41, 5.74) is 1.75. The number of halogens is 2. The van der Waals surface area contributed by atoms with Gasteiger partial charge in [0.25, 0.3) is 5.91 Å². The summed E-state index contributed by atoms with van der Waals surface area (Å²) in [4.78, 5) is 17.7. The van der Waals surface area contributed by atoms with Crippen LogP contribution < -0.4 is 5.32 Å². The van der Waals surface area contributed by atoms with Crippen molar-refractivity contribution in [3.05, 3.63) is 94.8 Å². The summed E-state index contributed by atoms with van der Waals surface area (Å²) in [5.74, 6) is -2.07. The van der Waals surface area contributed by atoms with E-state index in [0.29, 0.717) is 28.4 Å². The number of nitrogens with zero attached hydrogens (tertiary/aromatic N) is 3. The highest BCUT2D eigenvalue weighted by atomic mass is 32.1. The number of thiazole rings is 1. The highest BCUT2D eigenvalue weighted by Gasteiger charge is 2.15. The van der Waals surface area contributed by atoms with E-state index in [4.69, 9.17) is 0 Å². The maximum Gasteiger partial charge on any atom is 0.259 e. The molecule has 2 heterocycles. The molecule has 0 atom stereocenters. The Kier molecular flexibility index (Phi) is 4.94. The Bertz CT molecular complexity index is 1120. The highest BCUT2D eigenvalue weighted by molar-refractivity contribution is 7.15. The molecular formula is C20H14F2N4OS. The van der Waals surface area contributed by atoms with Crippen molar-refractivity contribution < 1.29 is 13.6 Å². The van der Waals surface area contributed by atoms with E-state index >= 15 is 0 Å². The van der Waals surface area contributed by atoms with Gasteiger partial charge in [0.15, 0.2) is 16.8 Å². The van der Waals surface area contributed by atoms with E-state index in [1.54, 1.807) is 47.5 Å². The summed E-state index contributed by atoms with van der Waals surface area (Å²) in [6.07, 6.45) is 5.41. The normalized spacial score (nSPS) is 10.8. The lowest BCUT2D eigenvalue weighted by Gasteiger charge is -2.08. The van der Waals surface area contributed by atoms with Crippen LogP contribution in [0.15, 0.2) is 67.1 Å². The number of aromatic nitrogens is 3. The van der Waals surface area contributed by atoms with Crippen molar-refractivity contribution in [3.8, 4) is 5.69 Å². The Labute approximate surface area is 163 Å². The second kappa shape index (κ2) is 7.69. The number of benzene rings is 2. The molecule has 0 bridgehead atoms. The molecule has 0 aliphatic heterocycles. The molecule has 2 aromatic heterocycles. The van der Waals surface area contributed by atoms with Crippen LogP contribution in [0.5, 0.6) is 0 Å². The van der Waals surface area contributed by atoms with Gasteiger partial charge >= 0.3 is 0 Å². The molecule has 0 spiro atoms. The van der Waals surface area contributed by atoms with Crippen LogP contribution in [0.25, 0.3) is 5.69 Å². The first-order chi connectivity index (χ1) is 13.6. The molecule has 0 aliphatic carbocycles. The molecule has 5 nitrogen and oxygen atoms in total. The maximum absolute atomic E-state index is 13.3. The Balaban J connectivity index is 1.50. The monoisotopic (exact) mass is 396 g/mol. The number of anilines is 1. The summed E-state index contributed by atoms with van der Waals surface area (Å²) in [6, 6.07) is 12.7. The molecule has 0 aliphatic rings. The van der Waals surface area contributed by atoms with Crippen molar-refractivity contribution in [2.75, 3.05) is 5.32 Å². The zero-order valence-corrected chi connectivity index (χ0v) is 15.3. The van der Waals surface area contributed by atoms with Gasteiger partial charge in [-0.25, -0.2) is 18.4 Å². The fraction of sp³-hybridized carbons (Fsp3) is 0.0500. The van der Waals surface area contributed by atoms with Gasteiger partial charge in [0.2, 0.25) is 0 Å². The number of carbonyl (C=O) groups excluding carboxylic acids is 1. The van der Waals surface area contributed by atoms with E-state index in [1.165, 1.54) is 17.4 Å². The van der Waals surface area contributed by atoms with Gasteiger partial charge in [-0.2, -0.15) is 5.10 Å². The van der Waals surface area contributed by atoms with E-state index in [0.717, 1.165) is 17.0 Å². The second-order valence-electron chi connectivity index (χ2n) is 5.98. The lowest BCUT2D eigenvalue weighted by atomic mass is 10.1. The number of hydrogen-bond donors (Lipinski definition) is 1. The minimum absolute atomic E-state index is 0.306. The maximum atomic E-state index is 13.3. The average Bonchev–Trinajstić information content (AvgIpc) is 3.37. The molecular weight excluding hydrogens is 382 g/mol. The predicted molar refractivity (Wildman–Crippen MR) is 103 cm³/mol. The Morgan fingerprint density at radius 1 is 1.11 bits per heavy atom. The van der Waals surface area contributed by atoms with Crippen molar-refractivity contribution in [2.45, 2.75) is 6.42 Å². The van der Waals surface area contributed by atoms with Crippen molar-refractivity contribution >= 4 is 22.4 Å². The number of carbonyl (C=O) groups is 1. The number of amides is 1. The minimum Gasteiger partial charge on any atom is -0.298 e. The highest BCUT2D eigenvalue weighted by Crippen LogP contribution is 2.23. The first kappa shape index (κ1) is 18.0. The molecule has 1 amide bonds. The Morgan fingerprint density at radius 3 is 2.75 bits per heavy atom. The lowest BCUT2D eigenvalue weighted by molar-refractivity contribution is 0.102. The van der Waals surface area contributed by atoms with Gasteiger partial charge in [-0.3, -0.25) is 10.1 Å². The molecule has 1 N–H and O–H groups in total. The van der Waals surface area contributed by atoms with Crippen molar-refractivity contribution in [2.24, 2.45) is 0 Å². The molecule has 2 aromatic carbocycles. The van der Waals surface area contributed by atoms with Crippen LogP contribution in [0.3, 0.4) is 0 Å². The molecule has 0 radical (unpaired) electrons. The summed E-state index contributed by atoms with van der Waals surface area (Å²) in [6.45, 7) is 0. The average molecular weight is 396 g/mol. The van der Waals surface area contributed by atoms with Gasteiger partial charge in [-0.15, -0.1) is 11.3 Å². The summed E-state index contributed by atoms with van der Waals surface area (Å²) in [7, 11) is 0. The molecule has 0 unspecified atom stereocenters. The summed E-state index contributed by atoms with van der Waals surface area (Å²) < 4.78 is 28.0. The van der Waals surface area contributed by atoms with Crippen LogP contribution in [0.2, 0.25) is 0 Å². The third kappa shape index (κ3) is 3.81. The van der Waals surface area contributed by atoms with Crippen molar-refractivity contribution in [3.63, 3.8) is 0 Å².